The topological polar surface area (TPSA) is 70.7 Å². The number of anilines is 1. The van der Waals surface area contributed by atoms with Gasteiger partial charge in [-0.25, -0.2) is 0 Å². The Morgan fingerprint density at radius 2 is 1.93 bits per heavy atom. The van der Waals surface area contributed by atoms with Crippen LogP contribution in [0.5, 0.6) is 5.75 Å². The number of hydrogen-bond donors (Lipinski definition) is 2. The Morgan fingerprint density at radius 3 is 2.67 bits per heavy atom. The van der Waals surface area contributed by atoms with E-state index < -0.39 is 0 Å². The van der Waals surface area contributed by atoms with Crippen LogP contribution in [0.2, 0.25) is 0 Å². The van der Waals surface area contributed by atoms with E-state index in [0.29, 0.717) is 17.8 Å². The van der Waals surface area contributed by atoms with Crippen LogP contribution in [0.15, 0.2) is 61.2 Å². The molecule has 0 atom stereocenters. The van der Waals surface area contributed by atoms with Gasteiger partial charge in [-0.15, -0.1) is 6.58 Å². The normalized spacial score (nSPS) is 14.7. The number of methoxy groups -OCH3 is 1. The van der Waals surface area contributed by atoms with E-state index in [1.165, 1.54) is 5.56 Å². The highest BCUT2D eigenvalue weighted by Crippen LogP contribution is 2.23. The molecule has 0 aromatic heterocycles. The highest BCUT2D eigenvalue weighted by Gasteiger charge is 2.26. The van der Waals surface area contributed by atoms with Gasteiger partial charge in [0.25, 0.3) is 5.91 Å². The molecule has 0 spiro atoms. The predicted octanol–water partition coefficient (Wildman–Crippen LogP) is 3.46. The minimum absolute atomic E-state index is 0.0278. The summed E-state index contributed by atoms with van der Waals surface area (Å²) in [5.74, 6) is 0.548. The zero-order valence-electron chi connectivity index (χ0n) is 17.4. The summed E-state index contributed by atoms with van der Waals surface area (Å²) in [6.07, 6.45) is 3.21. The van der Waals surface area contributed by atoms with E-state index in [-0.39, 0.29) is 17.7 Å². The Balaban J connectivity index is 1.54. The van der Waals surface area contributed by atoms with Gasteiger partial charge < -0.3 is 15.4 Å². The number of carbonyl (C=O) groups excluding carboxylic acids is 2. The van der Waals surface area contributed by atoms with Crippen molar-refractivity contribution in [2.24, 2.45) is 5.92 Å². The van der Waals surface area contributed by atoms with Gasteiger partial charge in [-0.1, -0.05) is 30.3 Å². The first-order valence-electron chi connectivity index (χ1n) is 10.2. The largest absolute Gasteiger partial charge is 0.497 e. The lowest BCUT2D eigenvalue weighted by molar-refractivity contribution is -0.121. The van der Waals surface area contributed by atoms with Crippen molar-refractivity contribution >= 4 is 17.5 Å². The summed E-state index contributed by atoms with van der Waals surface area (Å²) in [5.41, 5.74) is 2.21. The van der Waals surface area contributed by atoms with Gasteiger partial charge in [-0.05, 0) is 55.8 Å². The van der Waals surface area contributed by atoms with E-state index in [0.717, 1.165) is 38.2 Å². The number of likely N-dealkylation sites (tertiary alicyclic amines) is 1. The number of piperidine rings is 1. The van der Waals surface area contributed by atoms with Gasteiger partial charge in [0.2, 0.25) is 5.91 Å². The van der Waals surface area contributed by atoms with Gasteiger partial charge in [0, 0.05) is 19.0 Å². The molecule has 6 nitrogen and oxygen atoms in total. The molecule has 0 radical (unpaired) electrons. The molecular weight excluding hydrogens is 378 g/mol. The summed E-state index contributed by atoms with van der Waals surface area (Å²) in [6, 6.07) is 15.2. The molecule has 1 heterocycles. The van der Waals surface area contributed by atoms with Crippen LogP contribution in [0.4, 0.5) is 5.69 Å². The molecule has 1 fully saturated rings. The van der Waals surface area contributed by atoms with Gasteiger partial charge in [0.1, 0.15) is 5.75 Å². The van der Waals surface area contributed by atoms with Gasteiger partial charge in [-0.2, -0.15) is 0 Å². The van der Waals surface area contributed by atoms with E-state index in [1.807, 2.05) is 24.3 Å². The molecule has 1 aliphatic heterocycles. The summed E-state index contributed by atoms with van der Waals surface area (Å²) in [7, 11) is 1.67. The monoisotopic (exact) mass is 407 g/mol. The van der Waals surface area contributed by atoms with Crippen LogP contribution in [-0.4, -0.2) is 43.5 Å². The summed E-state index contributed by atoms with van der Waals surface area (Å²) in [4.78, 5) is 27.5. The quantitative estimate of drug-likeness (QED) is 0.658. The van der Waals surface area contributed by atoms with E-state index in [9.17, 15) is 9.59 Å². The van der Waals surface area contributed by atoms with E-state index in [2.05, 4.69) is 28.2 Å². The van der Waals surface area contributed by atoms with Crippen molar-refractivity contribution in [3.8, 4) is 5.75 Å². The summed E-state index contributed by atoms with van der Waals surface area (Å²) in [6.45, 7) is 6.55. The third-order valence-electron chi connectivity index (χ3n) is 5.34. The SMILES string of the molecule is C=CCNC(=O)c1ccccc1NC(=O)C1CCN(Cc2cccc(OC)c2)CC1. The zero-order valence-corrected chi connectivity index (χ0v) is 17.4. The highest BCUT2D eigenvalue weighted by atomic mass is 16.5. The lowest BCUT2D eigenvalue weighted by Gasteiger charge is -2.31. The van der Waals surface area contributed by atoms with Crippen molar-refractivity contribution in [3.63, 3.8) is 0 Å². The molecule has 0 bridgehead atoms. The van der Waals surface area contributed by atoms with Crippen LogP contribution in [-0.2, 0) is 11.3 Å². The maximum Gasteiger partial charge on any atom is 0.253 e. The predicted molar refractivity (Wildman–Crippen MR) is 119 cm³/mol. The average Bonchev–Trinajstić information content (AvgIpc) is 2.78. The Kier molecular flexibility index (Phi) is 7.63. The number of rotatable bonds is 8. The van der Waals surface area contributed by atoms with Crippen LogP contribution >= 0.6 is 0 Å². The number of ether oxygens (including phenoxy) is 1. The maximum atomic E-state index is 12.8. The number of nitrogens with one attached hydrogen (secondary N) is 2. The number of hydrogen-bond acceptors (Lipinski definition) is 4. The number of carbonyl (C=O) groups is 2. The van der Waals surface area contributed by atoms with Gasteiger partial charge in [-0.3, -0.25) is 14.5 Å². The Bertz CT molecular complexity index is 889. The van der Waals surface area contributed by atoms with Crippen molar-refractivity contribution in [1.82, 2.24) is 10.2 Å². The molecule has 30 heavy (non-hydrogen) atoms. The molecule has 2 aromatic carbocycles. The number of para-hydroxylation sites is 1. The summed E-state index contributed by atoms with van der Waals surface area (Å²) >= 11 is 0. The minimum Gasteiger partial charge on any atom is -0.497 e. The van der Waals surface area contributed by atoms with Crippen LogP contribution in [0.1, 0.15) is 28.8 Å². The second-order valence-electron chi connectivity index (χ2n) is 7.44. The first-order chi connectivity index (χ1) is 14.6. The summed E-state index contributed by atoms with van der Waals surface area (Å²) < 4.78 is 5.29. The van der Waals surface area contributed by atoms with Gasteiger partial charge >= 0.3 is 0 Å². The fraction of sp³-hybridized carbons (Fsp3) is 0.333. The molecule has 1 saturated heterocycles. The van der Waals surface area contributed by atoms with Crippen LogP contribution in [0.3, 0.4) is 0 Å². The molecule has 158 valence electrons. The van der Waals surface area contributed by atoms with Crippen LogP contribution < -0.4 is 15.4 Å². The average molecular weight is 408 g/mol. The molecule has 2 amide bonds. The van der Waals surface area contributed by atoms with Crippen LogP contribution in [0, 0.1) is 5.92 Å². The molecule has 6 heteroatoms. The maximum absolute atomic E-state index is 12.8. The first-order valence-corrected chi connectivity index (χ1v) is 10.2. The van der Waals surface area contributed by atoms with Crippen molar-refractivity contribution in [2.45, 2.75) is 19.4 Å². The van der Waals surface area contributed by atoms with Gasteiger partial charge in [0.15, 0.2) is 0 Å². The van der Waals surface area contributed by atoms with Crippen molar-refractivity contribution < 1.29 is 14.3 Å². The molecule has 1 aliphatic rings. The molecular formula is C24H29N3O3. The van der Waals surface area contributed by atoms with Crippen molar-refractivity contribution in [3.05, 3.63) is 72.3 Å². The third kappa shape index (κ3) is 5.70. The fourth-order valence-corrected chi connectivity index (χ4v) is 3.67. The Hall–Kier alpha value is -3.12. The summed E-state index contributed by atoms with van der Waals surface area (Å²) in [5, 5.41) is 5.71. The lowest BCUT2D eigenvalue weighted by atomic mass is 9.95. The standard InChI is InChI=1S/C24H29N3O3/c1-3-13-25-24(29)21-9-4-5-10-22(21)26-23(28)19-11-14-27(15-12-19)17-18-7-6-8-20(16-18)30-2/h3-10,16,19H,1,11-15,17H2,2H3,(H,25,29)(H,26,28). The number of amides is 2. The Labute approximate surface area is 177 Å². The van der Waals surface area contributed by atoms with Crippen molar-refractivity contribution in [1.29, 1.82) is 0 Å². The molecule has 0 aliphatic carbocycles. The first kappa shape index (κ1) is 21.6. The fourth-order valence-electron chi connectivity index (χ4n) is 3.67. The number of benzene rings is 2. The molecule has 0 saturated carbocycles. The second kappa shape index (κ2) is 10.6. The van der Waals surface area contributed by atoms with Crippen LogP contribution in [0.25, 0.3) is 0 Å². The van der Waals surface area contributed by atoms with E-state index in [1.54, 1.807) is 31.4 Å². The highest BCUT2D eigenvalue weighted by molar-refractivity contribution is 6.04. The van der Waals surface area contributed by atoms with Gasteiger partial charge in [0.05, 0.1) is 18.4 Å². The van der Waals surface area contributed by atoms with E-state index >= 15 is 0 Å². The van der Waals surface area contributed by atoms with Crippen molar-refractivity contribution in [2.75, 3.05) is 32.1 Å². The third-order valence-corrected chi connectivity index (χ3v) is 5.34. The lowest BCUT2D eigenvalue weighted by Crippen LogP contribution is -2.38. The Morgan fingerprint density at radius 1 is 1.17 bits per heavy atom. The second-order valence-corrected chi connectivity index (χ2v) is 7.44. The molecule has 3 rings (SSSR count). The molecule has 2 N–H and O–H groups in total. The molecule has 2 aromatic rings. The minimum atomic E-state index is -0.223. The molecule has 0 unspecified atom stereocenters. The smallest absolute Gasteiger partial charge is 0.253 e. The number of nitrogens with zero attached hydrogens (tertiary/aromatic N) is 1. The zero-order chi connectivity index (χ0) is 21.3. The van der Waals surface area contributed by atoms with E-state index in [4.69, 9.17) is 4.74 Å².